The molecule has 0 radical (unpaired) electrons. The number of aryl methyl sites for hydroxylation is 2. The van der Waals surface area contributed by atoms with Crippen LogP contribution in [0.25, 0.3) is 11.2 Å². The molecule has 150 valence electrons. The van der Waals surface area contributed by atoms with E-state index in [1.165, 1.54) is 11.6 Å². The molecule has 0 atom stereocenters. The normalized spacial score (nSPS) is 12.6. The number of fused-ring (bicyclic) bond motifs is 1. The first kappa shape index (κ1) is 20.9. The topological polar surface area (TPSA) is 90.9 Å². The van der Waals surface area contributed by atoms with E-state index in [1.54, 1.807) is 17.9 Å². The molecule has 0 aromatic carbocycles. The molecule has 2 rings (SSSR count). The van der Waals surface area contributed by atoms with Crippen molar-refractivity contribution in [1.29, 1.82) is 0 Å². The molecule has 0 saturated heterocycles. The van der Waals surface area contributed by atoms with E-state index in [2.05, 4.69) is 31.1 Å². The Morgan fingerprint density at radius 2 is 1.74 bits per heavy atom. The Kier molecular flexibility index (Phi) is 5.68. The minimum Gasteiger partial charge on any atom is -0.351 e. The van der Waals surface area contributed by atoms with Crippen molar-refractivity contribution in [1.82, 2.24) is 24.0 Å². The molecule has 2 heterocycles. The largest absolute Gasteiger partial charge is 0.351 e. The number of carbonyl (C=O) groups excluding carboxylic acids is 1. The number of nitrogens with zero attached hydrogens (tertiary/aromatic N) is 4. The van der Waals surface area contributed by atoms with E-state index in [9.17, 15) is 14.4 Å². The molecule has 0 saturated carbocycles. The molecule has 8 heteroatoms. The predicted octanol–water partition coefficient (Wildman–Crippen LogP) is 1.54. The number of hydrogen-bond donors (Lipinski definition) is 1. The lowest BCUT2D eigenvalue weighted by atomic mass is 9.82. The fourth-order valence-electron chi connectivity index (χ4n) is 3.79. The fraction of sp³-hybridized carbons (Fsp3) is 0.684. The highest BCUT2D eigenvalue weighted by atomic mass is 16.2. The zero-order valence-corrected chi connectivity index (χ0v) is 17.4. The van der Waals surface area contributed by atoms with Gasteiger partial charge in [-0.1, -0.05) is 20.8 Å². The number of carbonyl (C=O) groups is 1. The van der Waals surface area contributed by atoms with E-state index in [1.807, 2.05) is 13.8 Å². The van der Waals surface area contributed by atoms with E-state index in [-0.39, 0.29) is 22.4 Å². The zero-order chi connectivity index (χ0) is 20.6. The van der Waals surface area contributed by atoms with Crippen LogP contribution in [-0.4, -0.2) is 30.1 Å². The molecule has 8 nitrogen and oxygen atoms in total. The molecule has 0 fully saturated rings. The summed E-state index contributed by atoms with van der Waals surface area (Å²) < 4.78 is 4.14. The fourth-order valence-corrected chi connectivity index (χ4v) is 3.79. The second kappa shape index (κ2) is 7.32. The average Bonchev–Trinajstić information content (AvgIpc) is 2.92. The molecular weight excluding hydrogens is 346 g/mol. The summed E-state index contributed by atoms with van der Waals surface area (Å²) in [5, 5.41) is 3.09. The Morgan fingerprint density at radius 1 is 1.11 bits per heavy atom. The Labute approximate surface area is 159 Å². The molecule has 2 aromatic heterocycles. The summed E-state index contributed by atoms with van der Waals surface area (Å²) in [4.78, 5) is 40.9. The summed E-state index contributed by atoms with van der Waals surface area (Å²) in [7, 11) is 3.04. The van der Waals surface area contributed by atoms with Gasteiger partial charge in [-0.05, 0) is 32.1 Å². The van der Waals surface area contributed by atoms with Crippen molar-refractivity contribution < 1.29 is 4.79 Å². The summed E-state index contributed by atoms with van der Waals surface area (Å²) in [6, 6.07) is 0. The van der Waals surface area contributed by atoms with Crippen LogP contribution >= 0.6 is 0 Å². The highest BCUT2D eigenvalue weighted by Crippen LogP contribution is 2.26. The predicted molar refractivity (Wildman–Crippen MR) is 106 cm³/mol. The van der Waals surface area contributed by atoms with Gasteiger partial charge in [0.15, 0.2) is 11.2 Å². The standard InChI is InChI=1S/C19H31N5O3/c1-18(2,3)11-19(4,5)21-13(25)9-8-10-24-12-20-15-14(24)16(26)23(7)17(27)22(15)6/h12H,8-11H2,1-7H3,(H,21,25). The third-order valence-electron chi connectivity index (χ3n) is 4.47. The summed E-state index contributed by atoms with van der Waals surface area (Å²) in [6.45, 7) is 11.0. The SMILES string of the molecule is Cn1c(=O)c2c(ncn2CCCC(=O)NC(C)(C)CC(C)(C)C)n(C)c1=O. The highest BCUT2D eigenvalue weighted by molar-refractivity contribution is 5.76. The van der Waals surface area contributed by atoms with Gasteiger partial charge in [0, 0.05) is 32.6 Å². The molecular formula is C19H31N5O3. The van der Waals surface area contributed by atoms with Crippen molar-refractivity contribution in [2.75, 3.05) is 0 Å². The maximum atomic E-state index is 12.4. The van der Waals surface area contributed by atoms with Gasteiger partial charge in [-0.2, -0.15) is 0 Å². The molecule has 0 spiro atoms. The molecule has 0 aliphatic carbocycles. The molecule has 0 aliphatic heterocycles. The van der Waals surface area contributed by atoms with E-state index in [0.29, 0.717) is 30.6 Å². The Morgan fingerprint density at radius 3 is 2.33 bits per heavy atom. The lowest BCUT2D eigenvalue weighted by Gasteiger charge is -2.33. The second-order valence-electron chi connectivity index (χ2n) is 9.09. The van der Waals surface area contributed by atoms with Crippen LogP contribution in [0.5, 0.6) is 0 Å². The molecule has 27 heavy (non-hydrogen) atoms. The zero-order valence-electron chi connectivity index (χ0n) is 17.4. The van der Waals surface area contributed by atoms with Crippen molar-refractivity contribution in [3.63, 3.8) is 0 Å². The molecule has 1 N–H and O–H groups in total. The Balaban J connectivity index is 2.05. The van der Waals surface area contributed by atoms with Gasteiger partial charge >= 0.3 is 5.69 Å². The number of imidazole rings is 1. The van der Waals surface area contributed by atoms with E-state index in [4.69, 9.17) is 0 Å². The van der Waals surface area contributed by atoms with Gasteiger partial charge in [0.1, 0.15) is 0 Å². The number of aromatic nitrogens is 4. The van der Waals surface area contributed by atoms with Gasteiger partial charge < -0.3 is 9.88 Å². The quantitative estimate of drug-likeness (QED) is 0.827. The Hall–Kier alpha value is -2.38. The van der Waals surface area contributed by atoms with Crippen molar-refractivity contribution in [2.24, 2.45) is 19.5 Å². The van der Waals surface area contributed by atoms with E-state index in [0.717, 1.165) is 11.0 Å². The summed E-state index contributed by atoms with van der Waals surface area (Å²) in [5.41, 5.74) is -0.181. The number of hydrogen-bond acceptors (Lipinski definition) is 4. The molecule has 2 aromatic rings. The van der Waals surface area contributed by atoms with Gasteiger partial charge in [0.25, 0.3) is 5.56 Å². The van der Waals surface area contributed by atoms with Gasteiger partial charge in [0.05, 0.1) is 6.33 Å². The minimum atomic E-state index is -0.404. The van der Waals surface area contributed by atoms with Gasteiger partial charge in [-0.15, -0.1) is 0 Å². The molecule has 0 unspecified atom stereocenters. The van der Waals surface area contributed by atoms with Crippen molar-refractivity contribution in [3.05, 3.63) is 27.2 Å². The second-order valence-corrected chi connectivity index (χ2v) is 9.09. The molecule has 1 amide bonds. The van der Waals surface area contributed by atoms with Crippen LogP contribution in [0.1, 0.15) is 53.9 Å². The van der Waals surface area contributed by atoms with Crippen molar-refractivity contribution >= 4 is 17.1 Å². The Bertz CT molecular complexity index is 957. The van der Waals surface area contributed by atoms with E-state index >= 15 is 0 Å². The first-order valence-corrected chi connectivity index (χ1v) is 9.24. The van der Waals surface area contributed by atoms with Crippen LogP contribution < -0.4 is 16.6 Å². The maximum absolute atomic E-state index is 12.4. The smallest absolute Gasteiger partial charge is 0.332 e. The number of amides is 1. The van der Waals surface area contributed by atoms with Crippen LogP contribution in [0.15, 0.2) is 15.9 Å². The summed E-state index contributed by atoms with van der Waals surface area (Å²) in [5.74, 6) is -0.00558. The van der Waals surface area contributed by atoms with Crippen LogP contribution in [0, 0.1) is 5.41 Å². The van der Waals surface area contributed by atoms with E-state index < -0.39 is 5.69 Å². The lowest BCUT2D eigenvalue weighted by molar-refractivity contribution is -0.123. The first-order valence-electron chi connectivity index (χ1n) is 9.24. The third-order valence-corrected chi connectivity index (χ3v) is 4.47. The van der Waals surface area contributed by atoms with Gasteiger partial charge in [0.2, 0.25) is 5.91 Å². The summed E-state index contributed by atoms with van der Waals surface area (Å²) >= 11 is 0. The number of nitrogens with one attached hydrogen (secondary N) is 1. The molecule has 0 bridgehead atoms. The highest BCUT2D eigenvalue weighted by Gasteiger charge is 2.26. The van der Waals surface area contributed by atoms with Crippen LogP contribution in [0.4, 0.5) is 0 Å². The monoisotopic (exact) mass is 377 g/mol. The van der Waals surface area contributed by atoms with Crippen molar-refractivity contribution in [2.45, 2.75) is 66.0 Å². The average molecular weight is 377 g/mol. The first-order chi connectivity index (χ1) is 12.3. The summed E-state index contributed by atoms with van der Waals surface area (Å²) in [6.07, 6.45) is 3.36. The van der Waals surface area contributed by atoms with Gasteiger partial charge in [-0.3, -0.25) is 18.7 Å². The van der Waals surface area contributed by atoms with Crippen LogP contribution in [-0.2, 0) is 25.4 Å². The molecule has 0 aliphatic rings. The van der Waals surface area contributed by atoms with Crippen molar-refractivity contribution in [3.8, 4) is 0 Å². The third kappa shape index (κ3) is 4.87. The maximum Gasteiger partial charge on any atom is 0.332 e. The lowest BCUT2D eigenvalue weighted by Crippen LogP contribution is -2.45. The minimum absolute atomic E-state index is 0.00558. The number of rotatable bonds is 6. The van der Waals surface area contributed by atoms with Gasteiger partial charge in [-0.25, -0.2) is 9.78 Å². The van der Waals surface area contributed by atoms with Crippen LogP contribution in [0.3, 0.4) is 0 Å². The van der Waals surface area contributed by atoms with Crippen LogP contribution in [0.2, 0.25) is 0 Å².